The quantitative estimate of drug-likeness (QED) is 0.812. The van der Waals surface area contributed by atoms with Gasteiger partial charge in [0.2, 0.25) is 10.0 Å². The molecule has 1 unspecified atom stereocenters. The number of nitrogens with two attached hydrogens (primary N) is 1. The largest absolute Gasteiger partial charge is 0.399 e. The van der Waals surface area contributed by atoms with Gasteiger partial charge in [0.25, 0.3) is 0 Å². The van der Waals surface area contributed by atoms with Crippen LogP contribution in [0.2, 0.25) is 0 Å². The topological polar surface area (TPSA) is 75.4 Å². The lowest BCUT2D eigenvalue weighted by atomic mass is 10.1. The van der Waals surface area contributed by atoms with Crippen molar-refractivity contribution >= 4 is 15.7 Å². The molecule has 1 fully saturated rings. The number of nitrogens with one attached hydrogen (secondary N) is 1. The molecule has 1 aromatic rings. The van der Waals surface area contributed by atoms with Crippen molar-refractivity contribution in [3.05, 3.63) is 23.8 Å². The van der Waals surface area contributed by atoms with Crippen LogP contribution in [0, 0.1) is 6.92 Å². The maximum Gasteiger partial charge on any atom is 0.240 e. The number of aryl methyl sites for hydroxylation is 1. The molecule has 1 heterocycles. The van der Waals surface area contributed by atoms with Gasteiger partial charge in [-0.25, -0.2) is 13.1 Å². The summed E-state index contributed by atoms with van der Waals surface area (Å²) in [6.07, 6.45) is 3.67. The first kappa shape index (κ1) is 16.3. The molecule has 0 saturated carbocycles. The molecule has 1 atom stereocenters. The first-order valence-electron chi connectivity index (χ1n) is 7.50. The monoisotopic (exact) mass is 311 g/mol. The molecule has 5 nitrogen and oxygen atoms in total. The first-order valence-corrected chi connectivity index (χ1v) is 8.98. The van der Waals surface area contributed by atoms with E-state index in [2.05, 4.69) is 16.5 Å². The number of rotatable bonds is 5. The van der Waals surface area contributed by atoms with Crippen LogP contribution in [0.15, 0.2) is 23.1 Å². The number of hydrogen-bond acceptors (Lipinski definition) is 4. The van der Waals surface area contributed by atoms with E-state index in [1.165, 1.54) is 25.3 Å². The van der Waals surface area contributed by atoms with Crippen LogP contribution in [0.4, 0.5) is 5.69 Å². The normalized spacial score (nSPS) is 18.6. The summed E-state index contributed by atoms with van der Waals surface area (Å²) in [5.74, 6) is 0. The molecular formula is C15H25N3O2S. The Morgan fingerprint density at radius 1 is 1.29 bits per heavy atom. The number of hydrogen-bond donors (Lipinski definition) is 2. The molecule has 0 spiro atoms. The first-order chi connectivity index (χ1) is 9.90. The van der Waals surface area contributed by atoms with Gasteiger partial charge in [0.1, 0.15) is 0 Å². The van der Waals surface area contributed by atoms with Gasteiger partial charge in [-0.05, 0) is 57.5 Å². The molecule has 0 amide bonds. The van der Waals surface area contributed by atoms with Crippen LogP contribution >= 0.6 is 0 Å². The third-order valence-corrected chi connectivity index (χ3v) is 5.65. The van der Waals surface area contributed by atoms with Crippen LogP contribution in [0.3, 0.4) is 0 Å². The van der Waals surface area contributed by atoms with Crippen molar-refractivity contribution in [1.29, 1.82) is 0 Å². The van der Waals surface area contributed by atoms with Crippen LogP contribution in [0.25, 0.3) is 0 Å². The molecule has 118 valence electrons. The molecule has 3 N–H and O–H groups in total. The van der Waals surface area contributed by atoms with E-state index in [0.29, 0.717) is 17.8 Å². The molecule has 0 aliphatic carbocycles. The Labute approximate surface area is 127 Å². The minimum absolute atomic E-state index is 0.210. The smallest absolute Gasteiger partial charge is 0.240 e. The zero-order valence-corrected chi connectivity index (χ0v) is 13.6. The Bertz CT molecular complexity index is 581. The number of nitrogens with zero attached hydrogens (tertiary/aromatic N) is 1. The summed E-state index contributed by atoms with van der Waals surface area (Å²) in [5, 5.41) is 0. The van der Waals surface area contributed by atoms with E-state index in [4.69, 9.17) is 5.73 Å². The fraction of sp³-hybridized carbons (Fsp3) is 0.600. The zero-order chi connectivity index (χ0) is 15.5. The molecule has 1 aliphatic rings. The lowest BCUT2D eigenvalue weighted by Crippen LogP contribution is -2.44. The molecule has 1 saturated heterocycles. The van der Waals surface area contributed by atoms with E-state index in [1.807, 2.05) is 0 Å². The molecule has 1 aromatic carbocycles. The van der Waals surface area contributed by atoms with Crippen molar-refractivity contribution in [2.24, 2.45) is 0 Å². The van der Waals surface area contributed by atoms with Gasteiger partial charge in [0, 0.05) is 18.3 Å². The van der Waals surface area contributed by atoms with Crippen LogP contribution < -0.4 is 10.5 Å². The van der Waals surface area contributed by atoms with E-state index in [-0.39, 0.29) is 10.9 Å². The number of anilines is 1. The molecule has 6 heteroatoms. The minimum Gasteiger partial charge on any atom is -0.399 e. The second kappa shape index (κ2) is 6.77. The van der Waals surface area contributed by atoms with Gasteiger partial charge in [-0.15, -0.1) is 0 Å². The van der Waals surface area contributed by atoms with Crippen LogP contribution in [-0.2, 0) is 10.0 Å². The van der Waals surface area contributed by atoms with Crippen molar-refractivity contribution < 1.29 is 8.42 Å². The van der Waals surface area contributed by atoms with Gasteiger partial charge in [0.15, 0.2) is 0 Å². The Morgan fingerprint density at radius 2 is 1.95 bits per heavy atom. The summed E-state index contributed by atoms with van der Waals surface area (Å²) in [6.45, 7) is 6.39. The van der Waals surface area contributed by atoms with E-state index < -0.39 is 10.0 Å². The molecule has 1 aliphatic heterocycles. The molecule has 0 radical (unpaired) electrons. The second-order valence-corrected chi connectivity index (χ2v) is 7.56. The zero-order valence-electron chi connectivity index (χ0n) is 12.8. The fourth-order valence-corrected chi connectivity index (χ4v) is 4.10. The summed E-state index contributed by atoms with van der Waals surface area (Å²) >= 11 is 0. The van der Waals surface area contributed by atoms with Gasteiger partial charge in [-0.2, -0.15) is 0 Å². The molecule has 0 aromatic heterocycles. The summed E-state index contributed by atoms with van der Waals surface area (Å²) in [7, 11) is -3.50. The Kier molecular flexibility index (Phi) is 5.24. The number of benzene rings is 1. The average Bonchev–Trinajstić information content (AvgIpc) is 2.48. The maximum absolute atomic E-state index is 12.4. The van der Waals surface area contributed by atoms with Gasteiger partial charge < -0.3 is 5.73 Å². The predicted octanol–water partition coefficient (Wildman–Crippen LogP) is 1.73. The van der Waals surface area contributed by atoms with Crippen molar-refractivity contribution in [1.82, 2.24) is 9.62 Å². The standard InChI is InChI=1S/C15H25N3O2S/c1-12-6-7-14(16)10-15(12)21(19,20)17-11-13(2)18-8-4-3-5-9-18/h6-7,10,13,17H,3-5,8-9,11,16H2,1-2H3. The van der Waals surface area contributed by atoms with E-state index in [0.717, 1.165) is 13.1 Å². The maximum atomic E-state index is 12.4. The van der Waals surface area contributed by atoms with Gasteiger partial charge in [0.05, 0.1) is 4.90 Å². The Morgan fingerprint density at radius 3 is 2.62 bits per heavy atom. The van der Waals surface area contributed by atoms with Crippen molar-refractivity contribution in [3.8, 4) is 0 Å². The SMILES string of the molecule is Cc1ccc(N)cc1S(=O)(=O)NCC(C)N1CCCCC1. The van der Waals surface area contributed by atoms with Gasteiger partial charge in [-0.3, -0.25) is 4.90 Å². The highest BCUT2D eigenvalue weighted by atomic mass is 32.2. The van der Waals surface area contributed by atoms with E-state index in [9.17, 15) is 8.42 Å². The lowest BCUT2D eigenvalue weighted by Gasteiger charge is -2.32. The van der Waals surface area contributed by atoms with Crippen molar-refractivity contribution in [2.75, 3.05) is 25.4 Å². The van der Waals surface area contributed by atoms with Crippen LogP contribution in [0.5, 0.6) is 0 Å². The van der Waals surface area contributed by atoms with E-state index >= 15 is 0 Å². The summed E-state index contributed by atoms with van der Waals surface area (Å²) in [6, 6.07) is 5.17. The fourth-order valence-electron chi connectivity index (χ4n) is 2.70. The van der Waals surface area contributed by atoms with Crippen LogP contribution in [0.1, 0.15) is 31.7 Å². The number of sulfonamides is 1. The third kappa shape index (κ3) is 4.18. The highest BCUT2D eigenvalue weighted by molar-refractivity contribution is 7.89. The highest BCUT2D eigenvalue weighted by Crippen LogP contribution is 2.18. The molecule has 2 rings (SSSR count). The molecule has 0 bridgehead atoms. The van der Waals surface area contributed by atoms with Crippen LogP contribution in [-0.4, -0.2) is 39.0 Å². The van der Waals surface area contributed by atoms with Gasteiger partial charge >= 0.3 is 0 Å². The van der Waals surface area contributed by atoms with E-state index in [1.54, 1.807) is 19.1 Å². The summed E-state index contributed by atoms with van der Waals surface area (Å²) in [4.78, 5) is 2.62. The number of likely N-dealkylation sites (tertiary alicyclic amines) is 1. The third-order valence-electron chi connectivity index (χ3n) is 4.08. The predicted molar refractivity (Wildman–Crippen MR) is 85.7 cm³/mol. The lowest BCUT2D eigenvalue weighted by molar-refractivity contribution is 0.175. The number of piperidine rings is 1. The summed E-state index contributed by atoms with van der Waals surface area (Å²) < 4.78 is 27.5. The van der Waals surface area contributed by atoms with Crippen molar-refractivity contribution in [2.45, 2.75) is 44.0 Å². The highest BCUT2D eigenvalue weighted by Gasteiger charge is 2.21. The number of nitrogen functional groups attached to an aromatic ring is 1. The minimum atomic E-state index is -3.50. The average molecular weight is 311 g/mol. The van der Waals surface area contributed by atoms with Gasteiger partial charge in [-0.1, -0.05) is 12.5 Å². The summed E-state index contributed by atoms with van der Waals surface area (Å²) in [5.41, 5.74) is 6.87. The molecule has 21 heavy (non-hydrogen) atoms. The second-order valence-electron chi connectivity index (χ2n) is 5.82. The van der Waals surface area contributed by atoms with Crippen molar-refractivity contribution in [3.63, 3.8) is 0 Å². The Hall–Kier alpha value is -1.11. The Balaban J connectivity index is 2.02. The molecular weight excluding hydrogens is 286 g/mol.